The third-order valence-electron chi connectivity index (χ3n) is 5.62. The highest BCUT2D eigenvalue weighted by atomic mass is 16.7. The van der Waals surface area contributed by atoms with Gasteiger partial charge < -0.3 is 24.4 Å². The minimum atomic E-state index is -0.542. The number of benzene rings is 2. The summed E-state index contributed by atoms with van der Waals surface area (Å²) >= 11 is 0. The van der Waals surface area contributed by atoms with Crippen molar-refractivity contribution in [2.75, 3.05) is 20.4 Å². The van der Waals surface area contributed by atoms with Crippen LogP contribution in [-0.2, 0) is 22.6 Å². The van der Waals surface area contributed by atoms with Crippen LogP contribution in [0.2, 0.25) is 0 Å². The molecule has 0 spiro atoms. The summed E-state index contributed by atoms with van der Waals surface area (Å²) in [6.07, 6.45) is 1.37. The number of methoxy groups -OCH3 is 1. The predicted molar refractivity (Wildman–Crippen MR) is 126 cm³/mol. The molecule has 0 radical (unpaired) electrons. The number of nitrogens with one attached hydrogen (secondary N) is 1. The molecule has 0 bridgehead atoms. The summed E-state index contributed by atoms with van der Waals surface area (Å²) in [6.45, 7) is 7.16. The Morgan fingerprint density at radius 2 is 1.88 bits per heavy atom. The summed E-state index contributed by atoms with van der Waals surface area (Å²) in [7, 11) is 1.61. The first-order valence-corrected chi connectivity index (χ1v) is 11.5. The van der Waals surface area contributed by atoms with E-state index >= 15 is 0 Å². The Hall–Kier alpha value is -3.22. The lowest BCUT2D eigenvalue weighted by atomic mass is 10.1. The summed E-state index contributed by atoms with van der Waals surface area (Å²) in [5.41, 5.74) is 1.91. The number of hydrogen-bond acceptors (Lipinski definition) is 5. The van der Waals surface area contributed by atoms with Crippen molar-refractivity contribution in [3.63, 3.8) is 0 Å². The molecule has 1 aliphatic heterocycles. The van der Waals surface area contributed by atoms with Crippen molar-refractivity contribution in [1.29, 1.82) is 0 Å². The highest BCUT2D eigenvalue weighted by Crippen LogP contribution is 2.33. The molecule has 2 aromatic carbocycles. The van der Waals surface area contributed by atoms with Gasteiger partial charge in [0.05, 0.1) is 7.11 Å². The fourth-order valence-electron chi connectivity index (χ4n) is 3.80. The van der Waals surface area contributed by atoms with E-state index in [1.807, 2.05) is 63.2 Å². The van der Waals surface area contributed by atoms with Gasteiger partial charge in [-0.2, -0.15) is 0 Å². The number of nitrogens with zero attached hydrogens (tertiary/aromatic N) is 1. The van der Waals surface area contributed by atoms with Gasteiger partial charge >= 0.3 is 0 Å². The fourth-order valence-corrected chi connectivity index (χ4v) is 3.80. The van der Waals surface area contributed by atoms with Crippen LogP contribution in [0.1, 0.15) is 44.7 Å². The summed E-state index contributed by atoms with van der Waals surface area (Å²) in [5.74, 6) is 2.29. The van der Waals surface area contributed by atoms with Crippen molar-refractivity contribution in [3.8, 4) is 17.2 Å². The Morgan fingerprint density at radius 3 is 2.61 bits per heavy atom. The Bertz CT molecular complexity index is 959. The van der Waals surface area contributed by atoms with Gasteiger partial charge in [0, 0.05) is 19.5 Å². The molecule has 0 unspecified atom stereocenters. The number of aryl methyl sites for hydroxylation is 1. The predicted octanol–water partition coefficient (Wildman–Crippen LogP) is 3.94. The van der Waals surface area contributed by atoms with Crippen LogP contribution in [-0.4, -0.2) is 43.2 Å². The van der Waals surface area contributed by atoms with E-state index in [4.69, 9.17) is 14.2 Å². The molecular formula is C26H34N2O5. The Morgan fingerprint density at radius 1 is 1.09 bits per heavy atom. The lowest BCUT2D eigenvalue weighted by molar-refractivity contribution is -0.141. The summed E-state index contributed by atoms with van der Waals surface area (Å²) in [4.78, 5) is 28.1. The summed E-state index contributed by atoms with van der Waals surface area (Å²) < 4.78 is 16.1. The second-order valence-electron chi connectivity index (χ2n) is 8.62. The molecule has 1 heterocycles. The van der Waals surface area contributed by atoms with Gasteiger partial charge in [0.25, 0.3) is 0 Å². The van der Waals surface area contributed by atoms with Crippen molar-refractivity contribution in [2.45, 2.75) is 52.6 Å². The van der Waals surface area contributed by atoms with Crippen LogP contribution in [0.5, 0.6) is 17.2 Å². The van der Waals surface area contributed by atoms with Gasteiger partial charge in [0.1, 0.15) is 11.8 Å². The molecule has 3 rings (SSSR count). The minimum Gasteiger partial charge on any atom is -0.497 e. The second-order valence-corrected chi connectivity index (χ2v) is 8.62. The molecule has 0 aromatic heterocycles. The lowest BCUT2D eigenvalue weighted by Gasteiger charge is -2.31. The number of carbonyl (C=O) groups excluding carboxylic acids is 2. The molecule has 0 saturated heterocycles. The zero-order valence-corrected chi connectivity index (χ0v) is 19.9. The van der Waals surface area contributed by atoms with E-state index in [-0.39, 0.29) is 25.0 Å². The molecule has 1 aliphatic rings. The first-order chi connectivity index (χ1) is 15.9. The van der Waals surface area contributed by atoms with E-state index in [0.29, 0.717) is 37.6 Å². The van der Waals surface area contributed by atoms with E-state index in [0.717, 1.165) is 22.6 Å². The van der Waals surface area contributed by atoms with E-state index in [9.17, 15) is 9.59 Å². The second kappa shape index (κ2) is 11.6. The highest BCUT2D eigenvalue weighted by molar-refractivity contribution is 5.87. The smallest absolute Gasteiger partial charge is 0.242 e. The Labute approximate surface area is 196 Å². The standard InChI is InChI=1S/C26H34N2O5/c1-5-22(26(30)27-15-18(2)3)28(16-20-7-6-8-21(13-20)31-4)25(29)12-10-19-9-11-23-24(14-19)33-17-32-23/h6-9,11,13-14,18,22H,5,10,12,15-17H2,1-4H3,(H,27,30)/t22-/m0/s1. The van der Waals surface area contributed by atoms with Gasteiger partial charge in [0.15, 0.2) is 11.5 Å². The third kappa shape index (κ3) is 6.63. The van der Waals surface area contributed by atoms with Crippen LogP contribution < -0.4 is 19.5 Å². The number of amides is 2. The van der Waals surface area contributed by atoms with Gasteiger partial charge in [-0.15, -0.1) is 0 Å². The lowest BCUT2D eigenvalue weighted by Crippen LogP contribution is -2.49. The largest absolute Gasteiger partial charge is 0.497 e. The molecule has 178 valence electrons. The van der Waals surface area contributed by atoms with Crippen LogP contribution in [0.25, 0.3) is 0 Å². The molecule has 0 fully saturated rings. The van der Waals surface area contributed by atoms with E-state index in [1.165, 1.54) is 0 Å². The van der Waals surface area contributed by atoms with Crippen LogP contribution >= 0.6 is 0 Å². The third-order valence-corrected chi connectivity index (χ3v) is 5.62. The fraction of sp³-hybridized carbons (Fsp3) is 0.462. The summed E-state index contributed by atoms with van der Waals surface area (Å²) in [6, 6.07) is 12.8. The van der Waals surface area contributed by atoms with Crippen molar-refractivity contribution in [1.82, 2.24) is 10.2 Å². The van der Waals surface area contributed by atoms with Crippen LogP contribution in [0, 0.1) is 5.92 Å². The Balaban J connectivity index is 1.76. The average molecular weight is 455 g/mol. The zero-order valence-electron chi connectivity index (χ0n) is 19.9. The first-order valence-electron chi connectivity index (χ1n) is 11.5. The van der Waals surface area contributed by atoms with Crippen LogP contribution in [0.15, 0.2) is 42.5 Å². The van der Waals surface area contributed by atoms with Crippen molar-refractivity contribution in [3.05, 3.63) is 53.6 Å². The van der Waals surface area contributed by atoms with Crippen molar-refractivity contribution in [2.24, 2.45) is 5.92 Å². The number of fused-ring (bicyclic) bond motifs is 1. The number of carbonyl (C=O) groups is 2. The molecule has 33 heavy (non-hydrogen) atoms. The number of ether oxygens (including phenoxy) is 3. The average Bonchev–Trinajstić information content (AvgIpc) is 3.29. The van der Waals surface area contributed by atoms with Crippen molar-refractivity contribution >= 4 is 11.8 Å². The maximum atomic E-state index is 13.4. The number of rotatable bonds is 11. The Kier molecular flexibility index (Phi) is 8.58. The maximum Gasteiger partial charge on any atom is 0.242 e. The molecular weight excluding hydrogens is 420 g/mol. The highest BCUT2D eigenvalue weighted by Gasteiger charge is 2.28. The van der Waals surface area contributed by atoms with E-state index in [1.54, 1.807) is 12.0 Å². The summed E-state index contributed by atoms with van der Waals surface area (Å²) in [5, 5.41) is 2.99. The minimum absolute atomic E-state index is 0.0676. The number of hydrogen-bond donors (Lipinski definition) is 1. The van der Waals surface area contributed by atoms with Gasteiger partial charge in [-0.25, -0.2) is 0 Å². The van der Waals surface area contributed by atoms with E-state index < -0.39 is 6.04 Å². The quantitative estimate of drug-likeness (QED) is 0.557. The molecule has 2 amide bonds. The van der Waals surface area contributed by atoms with Gasteiger partial charge in [-0.1, -0.05) is 39.0 Å². The molecule has 0 saturated carbocycles. The van der Waals surface area contributed by atoms with Crippen LogP contribution in [0.3, 0.4) is 0 Å². The molecule has 0 aliphatic carbocycles. The van der Waals surface area contributed by atoms with Gasteiger partial charge in [0.2, 0.25) is 18.6 Å². The molecule has 7 heteroatoms. The topological polar surface area (TPSA) is 77.1 Å². The van der Waals surface area contributed by atoms with Gasteiger partial charge in [-0.3, -0.25) is 9.59 Å². The monoisotopic (exact) mass is 454 g/mol. The molecule has 7 nitrogen and oxygen atoms in total. The maximum absolute atomic E-state index is 13.4. The molecule has 1 atom stereocenters. The van der Waals surface area contributed by atoms with Crippen molar-refractivity contribution < 1.29 is 23.8 Å². The van der Waals surface area contributed by atoms with Gasteiger partial charge in [-0.05, 0) is 54.2 Å². The SMILES string of the molecule is CC[C@@H](C(=O)NCC(C)C)N(Cc1cccc(OC)c1)C(=O)CCc1ccc2c(c1)OCO2. The van der Waals surface area contributed by atoms with Crippen LogP contribution in [0.4, 0.5) is 0 Å². The zero-order chi connectivity index (χ0) is 23.8. The molecule has 1 N–H and O–H groups in total. The molecule has 2 aromatic rings. The normalized spacial score (nSPS) is 13.0. The first kappa shape index (κ1) is 24.4. The van der Waals surface area contributed by atoms with E-state index in [2.05, 4.69) is 5.32 Å².